The van der Waals surface area contributed by atoms with Gasteiger partial charge in [-0.25, -0.2) is 0 Å². The fourth-order valence-corrected chi connectivity index (χ4v) is 3.38. The second-order valence-electron chi connectivity index (χ2n) is 5.89. The quantitative estimate of drug-likeness (QED) is 0.707. The van der Waals surface area contributed by atoms with E-state index in [1.165, 1.54) is 6.07 Å². The van der Waals surface area contributed by atoms with E-state index >= 15 is 0 Å². The fraction of sp³-hybridized carbons (Fsp3) is 0.316. The average Bonchev–Trinajstić information content (AvgIpc) is 2.61. The Balaban J connectivity index is 2.35. The molecule has 0 fully saturated rings. The van der Waals surface area contributed by atoms with Crippen molar-refractivity contribution >= 4 is 22.3 Å². The zero-order valence-electron chi connectivity index (χ0n) is 15.1. The summed E-state index contributed by atoms with van der Waals surface area (Å²) >= 11 is 0. The van der Waals surface area contributed by atoms with Gasteiger partial charge in [0, 0.05) is 6.07 Å². The Morgan fingerprint density at radius 3 is 2.42 bits per heavy atom. The Morgan fingerprint density at radius 1 is 1.12 bits per heavy atom. The van der Waals surface area contributed by atoms with E-state index in [9.17, 15) is 13.2 Å². The van der Waals surface area contributed by atoms with Crippen LogP contribution in [0.25, 0.3) is 12.2 Å². The molecule has 0 saturated heterocycles. The third-order valence-electron chi connectivity index (χ3n) is 3.66. The summed E-state index contributed by atoms with van der Waals surface area (Å²) in [7, 11) is -2.24. The Bertz CT molecular complexity index is 927. The molecule has 0 aliphatic heterocycles. The molecule has 0 amide bonds. The van der Waals surface area contributed by atoms with Gasteiger partial charge in [0.2, 0.25) is 0 Å². The van der Waals surface area contributed by atoms with Gasteiger partial charge in [-0.2, -0.15) is 8.42 Å². The number of unbranched alkanes of at least 4 members (excludes halogenated alkanes) is 1. The van der Waals surface area contributed by atoms with Crippen LogP contribution in [0.15, 0.2) is 41.2 Å². The molecule has 7 heteroatoms. The number of nitrogens with zero attached hydrogens (tertiary/aromatic N) is 1. The molecule has 0 radical (unpaired) electrons. The number of benzene rings is 1. The van der Waals surface area contributed by atoms with Crippen LogP contribution in [0.3, 0.4) is 0 Å². The number of rotatable bonds is 8. The number of methoxy groups -OCH3 is 1. The molecule has 1 heterocycles. The summed E-state index contributed by atoms with van der Waals surface area (Å²) in [5.41, 5.74) is 1.42. The summed E-state index contributed by atoms with van der Waals surface area (Å²) < 4.78 is 35.1. The van der Waals surface area contributed by atoms with Crippen molar-refractivity contribution in [1.82, 2.24) is 4.73 Å². The maximum absolute atomic E-state index is 12.2. The molecule has 0 aliphatic rings. The summed E-state index contributed by atoms with van der Waals surface area (Å²) in [6.07, 6.45) is 4.60. The van der Waals surface area contributed by atoms with Crippen LogP contribution in [0.2, 0.25) is 0 Å². The van der Waals surface area contributed by atoms with Gasteiger partial charge in [0.25, 0.3) is 5.56 Å². The maximum Gasteiger partial charge on any atom is 0.327 e. The summed E-state index contributed by atoms with van der Waals surface area (Å²) in [6, 6.07) is 10.4. The number of hydrogen-bond donors (Lipinski definition) is 0. The predicted molar refractivity (Wildman–Crippen MR) is 103 cm³/mol. The van der Waals surface area contributed by atoms with Gasteiger partial charge in [-0.15, -0.1) is 4.73 Å². The van der Waals surface area contributed by atoms with E-state index in [0.717, 1.165) is 28.0 Å². The maximum atomic E-state index is 12.2. The van der Waals surface area contributed by atoms with Crippen LogP contribution < -0.4 is 14.6 Å². The first-order valence-electron chi connectivity index (χ1n) is 8.33. The molecule has 0 atom stereocenters. The van der Waals surface area contributed by atoms with Crippen molar-refractivity contribution in [3.8, 4) is 5.75 Å². The van der Waals surface area contributed by atoms with Gasteiger partial charge in [0.15, 0.2) is 0 Å². The molecule has 0 spiro atoms. The highest BCUT2D eigenvalue weighted by atomic mass is 32.2. The lowest BCUT2D eigenvalue weighted by molar-refractivity contribution is 0.264. The van der Waals surface area contributed by atoms with E-state index in [2.05, 4.69) is 0 Å². The summed E-state index contributed by atoms with van der Waals surface area (Å²) in [6.45, 7) is 3.65. The minimum absolute atomic E-state index is 0.133. The second kappa shape index (κ2) is 8.71. The summed E-state index contributed by atoms with van der Waals surface area (Å²) in [5.74, 6) is 0.603. The van der Waals surface area contributed by atoms with Gasteiger partial charge in [0.1, 0.15) is 5.75 Å². The van der Waals surface area contributed by atoms with Crippen LogP contribution in [0, 0.1) is 6.92 Å². The Kier molecular flexibility index (Phi) is 6.63. The lowest BCUT2D eigenvalue weighted by atomic mass is 10.1. The van der Waals surface area contributed by atoms with Crippen molar-refractivity contribution in [3.63, 3.8) is 0 Å². The van der Waals surface area contributed by atoms with Gasteiger partial charge >= 0.3 is 10.1 Å². The summed E-state index contributed by atoms with van der Waals surface area (Å²) in [5, 5.41) is 0. The largest absolute Gasteiger partial charge is 0.497 e. The number of ether oxygens (including phenoxy) is 1. The normalized spacial score (nSPS) is 11.7. The molecule has 0 saturated carbocycles. The molecule has 6 nitrogen and oxygen atoms in total. The molecular weight excluding hydrogens is 354 g/mol. The molecule has 0 unspecified atom stereocenters. The first kappa shape index (κ1) is 19.8. The van der Waals surface area contributed by atoms with E-state index in [4.69, 9.17) is 9.02 Å². The highest BCUT2D eigenvalue weighted by molar-refractivity contribution is 7.86. The number of aryl methyl sites for hydroxylation is 1. The molecule has 0 N–H and O–H groups in total. The van der Waals surface area contributed by atoms with Gasteiger partial charge in [-0.1, -0.05) is 31.6 Å². The highest BCUT2D eigenvalue weighted by Gasteiger charge is 2.15. The number of aromatic nitrogens is 1. The van der Waals surface area contributed by atoms with Gasteiger partial charge in [-0.05, 0) is 48.7 Å². The molecule has 2 aromatic rings. The second-order valence-corrected chi connectivity index (χ2v) is 7.56. The lowest BCUT2D eigenvalue weighted by Gasteiger charge is -2.11. The smallest absolute Gasteiger partial charge is 0.327 e. The predicted octanol–water partition coefficient (Wildman–Crippen LogP) is 2.89. The third kappa shape index (κ3) is 5.49. The first-order valence-corrected chi connectivity index (χ1v) is 9.91. The van der Waals surface area contributed by atoms with Crippen LogP contribution in [0.5, 0.6) is 5.75 Å². The van der Waals surface area contributed by atoms with Crippen molar-refractivity contribution in [2.45, 2.75) is 26.7 Å². The van der Waals surface area contributed by atoms with E-state index < -0.39 is 15.7 Å². The molecule has 2 rings (SSSR count). The SMILES string of the molecule is CCCCS(=O)(=O)On1c(/C=C/c2ccc(OC)cc2)cc(C)cc1=O. The van der Waals surface area contributed by atoms with Gasteiger partial charge in [-0.3, -0.25) is 9.08 Å². The van der Waals surface area contributed by atoms with Crippen molar-refractivity contribution in [2.75, 3.05) is 12.9 Å². The van der Waals surface area contributed by atoms with Crippen LogP contribution >= 0.6 is 0 Å². The van der Waals surface area contributed by atoms with Crippen LogP contribution in [-0.4, -0.2) is 26.0 Å². The van der Waals surface area contributed by atoms with Crippen LogP contribution in [-0.2, 0) is 10.1 Å². The molecular formula is C19H23NO5S. The standard InChI is InChI=1S/C19H23NO5S/c1-4-5-12-26(22,23)25-20-17(13-15(2)14-19(20)21)9-6-16-7-10-18(24-3)11-8-16/h6-11,13-14H,4-5,12H2,1-3H3/b9-6+. The van der Waals surface area contributed by atoms with Crippen molar-refractivity contribution in [1.29, 1.82) is 0 Å². The minimum Gasteiger partial charge on any atom is -0.497 e. The van der Waals surface area contributed by atoms with Gasteiger partial charge < -0.3 is 4.74 Å². The monoisotopic (exact) mass is 377 g/mol. The van der Waals surface area contributed by atoms with Crippen LogP contribution in [0.4, 0.5) is 0 Å². The number of pyridine rings is 1. The van der Waals surface area contributed by atoms with Crippen LogP contribution in [0.1, 0.15) is 36.6 Å². The molecule has 0 aliphatic carbocycles. The van der Waals surface area contributed by atoms with Crippen molar-refractivity contribution in [3.05, 3.63) is 63.6 Å². The lowest BCUT2D eigenvalue weighted by Crippen LogP contribution is -2.33. The van der Waals surface area contributed by atoms with E-state index in [0.29, 0.717) is 12.1 Å². The molecule has 0 bridgehead atoms. The Hall–Kier alpha value is -2.54. The molecule has 1 aromatic carbocycles. The number of hydrogen-bond acceptors (Lipinski definition) is 5. The minimum atomic E-state index is -3.83. The average molecular weight is 377 g/mol. The molecule has 1 aromatic heterocycles. The topological polar surface area (TPSA) is 74.6 Å². The van der Waals surface area contributed by atoms with Crippen molar-refractivity contribution < 1.29 is 17.4 Å². The Morgan fingerprint density at radius 2 is 1.81 bits per heavy atom. The fourth-order valence-electron chi connectivity index (χ4n) is 2.28. The zero-order valence-corrected chi connectivity index (χ0v) is 16.0. The molecule has 26 heavy (non-hydrogen) atoms. The molecule has 140 valence electrons. The zero-order chi connectivity index (χ0) is 19.2. The van der Waals surface area contributed by atoms with E-state index in [1.807, 2.05) is 31.2 Å². The third-order valence-corrected chi connectivity index (χ3v) is 4.82. The van der Waals surface area contributed by atoms with E-state index in [1.54, 1.807) is 32.3 Å². The highest BCUT2D eigenvalue weighted by Crippen LogP contribution is 2.14. The van der Waals surface area contributed by atoms with E-state index in [-0.39, 0.29) is 5.75 Å². The summed E-state index contributed by atoms with van der Waals surface area (Å²) in [4.78, 5) is 12.2. The first-order chi connectivity index (χ1) is 12.3. The van der Waals surface area contributed by atoms with Crippen molar-refractivity contribution in [2.24, 2.45) is 0 Å². The van der Waals surface area contributed by atoms with Gasteiger partial charge in [0.05, 0.1) is 18.6 Å². The Labute approximate surface area is 153 Å².